The van der Waals surface area contributed by atoms with Crippen molar-refractivity contribution in [3.05, 3.63) is 24.3 Å². The summed E-state index contributed by atoms with van der Waals surface area (Å²) in [5.74, 6) is 0. The molecule has 1 aromatic carbocycles. The number of hydrogen-bond acceptors (Lipinski definition) is 4. The fraction of sp³-hybridized carbons (Fsp3) is 0.500. The van der Waals surface area contributed by atoms with E-state index in [0.717, 1.165) is 6.42 Å². The summed E-state index contributed by atoms with van der Waals surface area (Å²) in [6, 6.07) is 6.39. The SMILES string of the molecule is CCC1CN(S(=O)(=O)c2cccc(N)c2)CCO1. The van der Waals surface area contributed by atoms with Crippen LogP contribution in [0.1, 0.15) is 13.3 Å². The highest BCUT2D eigenvalue weighted by Crippen LogP contribution is 2.21. The zero-order valence-electron chi connectivity index (χ0n) is 10.4. The molecule has 1 saturated heterocycles. The Morgan fingerprint density at radius 3 is 2.94 bits per heavy atom. The van der Waals surface area contributed by atoms with Gasteiger partial charge in [-0.2, -0.15) is 4.31 Å². The Kier molecular flexibility index (Phi) is 3.89. The Morgan fingerprint density at radius 1 is 1.50 bits per heavy atom. The number of rotatable bonds is 3. The van der Waals surface area contributed by atoms with Crippen LogP contribution in [-0.4, -0.2) is 38.5 Å². The van der Waals surface area contributed by atoms with Gasteiger partial charge in [0.1, 0.15) is 0 Å². The molecule has 0 amide bonds. The summed E-state index contributed by atoms with van der Waals surface area (Å²) in [4.78, 5) is 0.249. The highest BCUT2D eigenvalue weighted by Gasteiger charge is 2.30. The van der Waals surface area contributed by atoms with Crippen LogP contribution in [-0.2, 0) is 14.8 Å². The maximum absolute atomic E-state index is 12.4. The molecular formula is C12H18N2O3S. The number of nitrogen functional groups attached to an aromatic ring is 1. The monoisotopic (exact) mass is 270 g/mol. The number of nitrogens with two attached hydrogens (primary N) is 1. The highest BCUT2D eigenvalue weighted by atomic mass is 32.2. The second-order valence-electron chi connectivity index (χ2n) is 4.34. The molecule has 2 rings (SSSR count). The molecule has 0 bridgehead atoms. The molecule has 1 fully saturated rings. The maximum atomic E-state index is 12.4. The first-order chi connectivity index (χ1) is 8.54. The summed E-state index contributed by atoms with van der Waals surface area (Å²) in [5.41, 5.74) is 6.09. The lowest BCUT2D eigenvalue weighted by atomic mass is 10.2. The van der Waals surface area contributed by atoms with Gasteiger partial charge in [-0.1, -0.05) is 13.0 Å². The molecule has 6 heteroatoms. The van der Waals surface area contributed by atoms with Gasteiger partial charge < -0.3 is 10.5 Å². The van der Waals surface area contributed by atoms with Crippen LogP contribution in [0.2, 0.25) is 0 Å². The summed E-state index contributed by atoms with van der Waals surface area (Å²) in [5, 5.41) is 0. The third-order valence-electron chi connectivity index (χ3n) is 3.05. The Labute approximate surface area is 108 Å². The van der Waals surface area contributed by atoms with E-state index in [1.54, 1.807) is 18.2 Å². The Hall–Kier alpha value is -1.11. The number of hydrogen-bond donors (Lipinski definition) is 1. The number of ether oxygens (including phenoxy) is 1. The van der Waals surface area contributed by atoms with E-state index in [2.05, 4.69) is 0 Å². The van der Waals surface area contributed by atoms with Crippen molar-refractivity contribution in [3.8, 4) is 0 Å². The first-order valence-corrected chi connectivity index (χ1v) is 7.45. The van der Waals surface area contributed by atoms with Crippen LogP contribution in [0.4, 0.5) is 5.69 Å². The Bertz CT molecular complexity index is 516. The Balaban J connectivity index is 2.25. The van der Waals surface area contributed by atoms with Crippen LogP contribution in [0.25, 0.3) is 0 Å². The van der Waals surface area contributed by atoms with Gasteiger partial charge in [-0.3, -0.25) is 0 Å². The van der Waals surface area contributed by atoms with Crippen LogP contribution >= 0.6 is 0 Å². The third-order valence-corrected chi connectivity index (χ3v) is 4.91. The molecule has 0 saturated carbocycles. The summed E-state index contributed by atoms with van der Waals surface area (Å²) >= 11 is 0. The number of nitrogens with zero attached hydrogens (tertiary/aromatic N) is 1. The van der Waals surface area contributed by atoms with Crippen molar-refractivity contribution in [2.45, 2.75) is 24.3 Å². The average Bonchev–Trinajstić information content (AvgIpc) is 2.39. The van der Waals surface area contributed by atoms with E-state index in [1.807, 2.05) is 6.92 Å². The molecule has 1 atom stereocenters. The number of benzene rings is 1. The molecule has 0 aliphatic carbocycles. The van der Waals surface area contributed by atoms with Crippen molar-refractivity contribution >= 4 is 15.7 Å². The van der Waals surface area contributed by atoms with Crippen molar-refractivity contribution in [1.29, 1.82) is 0 Å². The molecule has 1 aromatic rings. The van der Waals surface area contributed by atoms with Crippen molar-refractivity contribution in [3.63, 3.8) is 0 Å². The topological polar surface area (TPSA) is 72.6 Å². The molecule has 2 N–H and O–H groups in total. The van der Waals surface area contributed by atoms with Crippen LogP contribution in [0.5, 0.6) is 0 Å². The summed E-state index contributed by atoms with van der Waals surface area (Å²) < 4.78 is 31.8. The van der Waals surface area contributed by atoms with E-state index in [9.17, 15) is 8.42 Å². The third kappa shape index (κ3) is 2.66. The molecule has 18 heavy (non-hydrogen) atoms. The van der Waals surface area contributed by atoms with Crippen molar-refractivity contribution < 1.29 is 13.2 Å². The van der Waals surface area contributed by atoms with Gasteiger partial charge in [-0.05, 0) is 24.6 Å². The lowest BCUT2D eigenvalue weighted by Crippen LogP contribution is -2.45. The van der Waals surface area contributed by atoms with E-state index in [4.69, 9.17) is 10.5 Å². The molecule has 0 radical (unpaired) electrons. The van der Waals surface area contributed by atoms with Crippen LogP contribution in [0.3, 0.4) is 0 Å². The largest absolute Gasteiger partial charge is 0.399 e. The minimum Gasteiger partial charge on any atom is -0.399 e. The van der Waals surface area contributed by atoms with Crippen LogP contribution in [0.15, 0.2) is 29.2 Å². The van der Waals surface area contributed by atoms with Crippen molar-refractivity contribution in [2.75, 3.05) is 25.4 Å². The molecule has 5 nitrogen and oxygen atoms in total. The summed E-state index contributed by atoms with van der Waals surface area (Å²) in [6.07, 6.45) is 0.790. The maximum Gasteiger partial charge on any atom is 0.243 e. The van der Waals surface area contributed by atoms with Gasteiger partial charge in [0, 0.05) is 18.8 Å². The van der Waals surface area contributed by atoms with Gasteiger partial charge >= 0.3 is 0 Å². The molecule has 1 aliphatic rings. The average molecular weight is 270 g/mol. The van der Waals surface area contributed by atoms with E-state index in [-0.39, 0.29) is 11.0 Å². The zero-order chi connectivity index (χ0) is 13.2. The molecule has 0 aromatic heterocycles. The summed E-state index contributed by atoms with van der Waals surface area (Å²) in [6.45, 7) is 3.24. The van der Waals surface area contributed by atoms with Crippen LogP contribution in [0, 0.1) is 0 Å². The van der Waals surface area contributed by atoms with Gasteiger partial charge in [-0.15, -0.1) is 0 Å². The lowest BCUT2D eigenvalue weighted by Gasteiger charge is -2.31. The second kappa shape index (κ2) is 5.26. The predicted molar refractivity (Wildman–Crippen MR) is 69.6 cm³/mol. The molecule has 1 unspecified atom stereocenters. The number of sulfonamides is 1. The van der Waals surface area contributed by atoms with Gasteiger partial charge in [0.05, 0.1) is 17.6 Å². The number of morpholine rings is 1. The van der Waals surface area contributed by atoms with Gasteiger partial charge in [0.15, 0.2) is 0 Å². The molecule has 100 valence electrons. The molecule has 1 heterocycles. The van der Waals surface area contributed by atoms with E-state index in [0.29, 0.717) is 25.4 Å². The van der Waals surface area contributed by atoms with Crippen LogP contribution < -0.4 is 5.73 Å². The molecular weight excluding hydrogens is 252 g/mol. The fourth-order valence-corrected chi connectivity index (χ4v) is 3.49. The first kappa shape index (κ1) is 13.3. The zero-order valence-corrected chi connectivity index (χ0v) is 11.2. The van der Waals surface area contributed by atoms with E-state index in [1.165, 1.54) is 10.4 Å². The van der Waals surface area contributed by atoms with Crippen molar-refractivity contribution in [1.82, 2.24) is 4.31 Å². The summed E-state index contributed by atoms with van der Waals surface area (Å²) in [7, 11) is -3.45. The van der Waals surface area contributed by atoms with E-state index < -0.39 is 10.0 Å². The standard InChI is InChI=1S/C12H18N2O3S/c1-2-11-9-14(6-7-17-11)18(15,16)12-5-3-4-10(13)8-12/h3-5,8,11H,2,6-7,9,13H2,1H3. The smallest absolute Gasteiger partial charge is 0.243 e. The van der Waals surface area contributed by atoms with Crippen molar-refractivity contribution in [2.24, 2.45) is 0 Å². The van der Waals surface area contributed by atoms with Gasteiger partial charge in [0.2, 0.25) is 10.0 Å². The minimum absolute atomic E-state index is 0.0189. The molecule has 0 spiro atoms. The predicted octanol–water partition coefficient (Wildman–Crippen LogP) is 1.07. The lowest BCUT2D eigenvalue weighted by molar-refractivity contribution is -0.00277. The van der Waals surface area contributed by atoms with E-state index >= 15 is 0 Å². The fourth-order valence-electron chi connectivity index (χ4n) is 1.98. The first-order valence-electron chi connectivity index (χ1n) is 6.01. The van der Waals surface area contributed by atoms with Gasteiger partial charge in [0.25, 0.3) is 0 Å². The highest BCUT2D eigenvalue weighted by molar-refractivity contribution is 7.89. The minimum atomic E-state index is -3.45. The quantitative estimate of drug-likeness (QED) is 0.834. The second-order valence-corrected chi connectivity index (χ2v) is 6.27. The number of anilines is 1. The Morgan fingerprint density at radius 2 is 2.28 bits per heavy atom. The van der Waals surface area contributed by atoms with Gasteiger partial charge in [-0.25, -0.2) is 8.42 Å². The normalized spacial score (nSPS) is 21.9. The molecule has 1 aliphatic heterocycles.